The third-order valence-corrected chi connectivity index (χ3v) is 3.87. The van der Waals surface area contributed by atoms with Crippen molar-refractivity contribution in [3.05, 3.63) is 0 Å². The fraction of sp³-hybridized carbons (Fsp3) is 0.786. The molecular formula is C14H23NO5. The highest BCUT2D eigenvalue weighted by Crippen LogP contribution is 2.28. The summed E-state index contributed by atoms with van der Waals surface area (Å²) in [6.45, 7) is 2.16. The predicted molar refractivity (Wildman–Crippen MR) is 71.9 cm³/mol. The molecule has 0 aromatic carbocycles. The van der Waals surface area contributed by atoms with E-state index in [1.807, 2.05) is 0 Å². The van der Waals surface area contributed by atoms with Gasteiger partial charge in [-0.25, -0.2) is 4.79 Å². The number of rotatable bonds is 6. The van der Waals surface area contributed by atoms with Crippen LogP contribution in [0.1, 0.15) is 45.4 Å². The van der Waals surface area contributed by atoms with Crippen LogP contribution in [0.15, 0.2) is 0 Å². The first-order valence-corrected chi connectivity index (χ1v) is 7.04. The smallest absolute Gasteiger partial charge is 0.326 e. The largest absolute Gasteiger partial charge is 0.480 e. The number of methoxy groups -OCH3 is 1. The standard InChI is InChI=1S/C14H23NO5/c1-9-3-5-10(6-4-9)13(17)15-11(14(18)19)7-8-12(16)20-2/h9-11H,3-8H2,1-2H3,(H,15,17)(H,18,19)/t9?,10?,11-/m0/s1. The van der Waals surface area contributed by atoms with Crippen LogP contribution < -0.4 is 5.32 Å². The molecule has 0 spiro atoms. The minimum Gasteiger partial charge on any atom is -0.480 e. The molecule has 2 N–H and O–H groups in total. The van der Waals surface area contributed by atoms with E-state index < -0.39 is 18.0 Å². The summed E-state index contributed by atoms with van der Waals surface area (Å²) in [4.78, 5) is 34.2. The van der Waals surface area contributed by atoms with Crippen molar-refractivity contribution >= 4 is 17.8 Å². The van der Waals surface area contributed by atoms with Crippen molar-refractivity contribution in [1.82, 2.24) is 5.32 Å². The molecule has 0 bridgehead atoms. The molecular weight excluding hydrogens is 262 g/mol. The number of carbonyl (C=O) groups is 3. The molecule has 114 valence electrons. The molecule has 0 aromatic heterocycles. The number of amides is 1. The molecule has 0 saturated heterocycles. The van der Waals surface area contributed by atoms with Gasteiger partial charge in [-0.05, 0) is 38.0 Å². The molecule has 0 radical (unpaired) electrons. The quantitative estimate of drug-likeness (QED) is 0.718. The predicted octanol–water partition coefficient (Wildman–Crippen LogP) is 1.34. The van der Waals surface area contributed by atoms with E-state index >= 15 is 0 Å². The summed E-state index contributed by atoms with van der Waals surface area (Å²) in [7, 11) is 1.25. The average molecular weight is 285 g/mol. The van der Waals surface area contributed by atoms with Gasteiger partial charge in [-0.1, -0.05) is 6.92 Å². The number of carboxylic acid groups (broad SMARTS) is 1. The van der Waals surface area contributed by atoms with E-state index in [-0.39, 0.29) is 24.7 Å². The van der Waals surface area contributed by atoms with Gasteiger partial charge in [0.1, 0.15) is 6.04 Å². The van der Waals surface area contributed by atoms with Crippen LogP contribution in [0.4, 0.5) is 0 Å². The van der Waals surface area contributed by atoms with Crippen LogP contribution in [0.3, 0.4) is 0 Å². The third kappa shape index (κ3) is 5.19. The summed E-state index contributed by atoms with van der Waals surface area (Å²) in [6.07, 6.45) is 3.63. The number of aliphatic carboxylic acids is 1. The van der Waals surface area contributed by atoms with Gasteiger partial charge in [0.2, 0.25) is 5.91 Å². The molecule has 6 nitrogen and oxygen atoms in total. The summed E-state index contributed by atoms with van der Waals surface area (Å²) >= 11 is 0. The number of nitrogens with one attached hydrogen (secondary N) is 1. The lowest BCUT2D eigenvalue weighted by Crippen LogP contribution is -2.44. The van der Waals surface area contributed by atoms with Crippen molar-refractivity contribution in [3.63, 3.8) is 0 Å². The maximum Gasteiger partial charge on any atom is 0.326 e. The molecule has 0 aliphatic heterocycles. The van der Waals surface area contributed by atoms with Gasteiger partial charge in [0, 0.05) is 12.3 Å². The van der Waals surface area contributed by atoms with Gasteiger partial charge in [-0.3, -0.25) is 9.59 Å². The van der Waals surface area contributed by atoms with Gasteiger partial charge < -0.3 is 15.2 Å². The lowest BCUT2D eigenvalue weighted by atomic mass is 9.82. The Bertz CT molecular complexity index is 361. The second-order valence-electron chi connectivity index (χ2n) is 5.47. The summed E-state index contributed by atoms with van der Waals surface area (Å²) in [5.41, 5.74) is 0. The Morgan fingerprint density at radius 1 is 1.25 bits per heavy atom. The molecule has 0 unspecified atom stereocenters. The monoisotopic (exact) mass is 285 g/mol. The second kappa shape index (κ2) is 7.87. The first-order chi connectivity index (χ1) is 9.43. The maximum atomic E-state index is 12.0. The van der Waals surface area contributed by atoms with E-state index in [1.54, 1.807) is 0 Å². The molecule has 1 aliphatic carbocycles. The van der Waals surface area contributed by atoms with Crippen molar-refractivity contribution < 1.29 is 24.2 Å². The van der Waals surface area contributed by atoms with E-state index in [9.17, 15) is 14.4 Å². The number of carboxylic acids is 1. The number of ether oxygens (including phenoxy) is 1. The third-order valence-electron chi connectivity index (χ3n) is 3.87. The zero-order chi connectivity index (χ0) is 15.1. The van der Waals surface area contributed by atoms with Gasteiger partial charge in [0.05, 0.1) is 7.11 Å². The molecule has 1 fully saturated rings. The van der Waals surface area contributed by atoms with Crippen LogP contribution in [0, 0.1) is 11.8 Å². The number of carbonyl (C=O) groups excluding carboxylic acids is 2. The first-order valence-electron chi connectivity index (χ1n) is 7.04. The van der Waals surface area contributed by atoms with Crippen LogP contribution in [0.5, 0.6) is 0 Å². The highest BCUT2D eigenvalue weighted by atomic mass is 16.5. The Labute approximate surface area is 118 Å². The number of hydrogen-bond donors (Lipinski definition) is 2. The molecule has 0 aromatic rings. The zero-order valence-electron chi connectivity index (χ0n) is 12.1. The second-order valence-corrected chi connectivity index (χ2v) is 5.47. The van der Waals surface area contributed by atoms with Crippen molar-refractivity contribution in [2.75, 3.05) is 7.11 Å². The topological polar surface area (TPSA) is 92.7 Å². The molecule has 1 amide bonds. The van der Waals surface area contributed by atoms with E-state index in [4.69, 9.17) is 5.11 Å². The van der Waals surface area contributed by atoms with E-state index in [2.05, 4.69) is 17.0 Å². The summed E-state index contributed by atoms with van der Waals surface area (Å²) in [6, 6.07) is -1.03. The Morgan fingerprint density at radius 2 is 1.85 bits per heavy atom. The normalized spacial score (nSPS) is 23.7. The summed E-state index contributed by atoms with van der Waals surface area (Å²) < 4.78 is 4.47. The lowest BCUT2D eigenvalue weighted by Gasteiger charge is -2.26. The highest BCUT2D eigenvalue weighted by molar-refractivity contribution is 5.85. The van der Waals surface area contributed by atoms with Crippen LogP contribution in [-0.2, 0) is 19.1 Å². The molecule has 0 heterocycles. The van der Waals surface area contributed by atoms with Gasteiger partial charge in [-0.2, -0.15) is 0 Å². The van der Waals surface area contributed by atoms with Crippen molar-refractivity contribution in [2.45, 2.75) is 51.5 Å². The molecule has 1 rings (SSSR count). The molecule has 1 atom stereocenters. The summed E-state index contributed by atoms with van der Waals surface area (Å²) in [5.74, 6) is -1.28. The maximum absolute atomic E-state index is 12.0. The van der Waals surface area contributed by atoms with Crippen molar-refractivity contribution in [1.29, 1.82) is 0 Å². The van der Waals surface area contributed by atoms with Crippen molar-refractivity contribution in [3.8, 4) is 0 Å². The van der Waals surface area contributed by atoms with Gasteiger partial charge in [0.15, 0.2) is 0 Å². The van der Waals surface area contributed by atoms with E-state index in [1.165, 1.54) is 7.11 Å². The molecule has 1 saturated carbocycles. The summed E-state index contributed by atoms with van der Waals surface area (Å²) in [5, 5.41) is 11.6. The van der Waals surface area contributed by atoms with Gasteiger partial charge in [-0.15, -0.1) is 0 Å². The molecule has 6 heteroatoms. The van der Waals surface area contributed by atoms with Gasteiger partial charge >= 0.3 is 11.9 Å². The van der Waals surface area contributed by atoms with Crippen LogP contribution >= 0.6 is 0 Å². The SMILES string of the molecule is COC(=O)CC[C@H](NC(=O)C1CCC(C)CC1)C(=O)O. The Balaban J connectivity index is 2.46. The zero-order valence-corrected chi connectivity index (χ0v) is 12.1. The molecule has 1 aliphatic rings. The average Bonchev–Trinajstić information content (AvgIpc) is 2.43. The highest BCUT2D eigenvalue weighted by Gasteiger charge is 2.28. The molecule has 20 heavy (non-hydrogen) atoms. The van der Waals surface area contributed by atoms with Crippen LogP contribution in [-0.4, -0.2) is 36.1 Å². The minimum absolute atomic E-state index is 0.0184. The van der Waals surface area contributed by atoms with Gasteiger partial charge in [0.25, 0.3) is 0 Å². The fourth-order valence-corrected chi connectivity index (χ4v) is 2.43. The van der Waals surface area contributed by atoms with Crippen LogP contribution in [0.25, 0.3) is 0 Å². The fourth-order valence-electron chi connectivity index (χ4n) is 2.43. The Hall–Kier alpha value is -1.59. The van der Waals surface area contributed by atoms with Crippen molar-refractivity contribution in [2.24, 2.45) is 11.8 Å². The number of esters is 1. The van der Waals surface area contributed by atoms with E-state index in [0.29, 0.717) is 5.92 Å². The lowest BCUT2D eigenvalue weighted by molar-refractivity contribution is -0.144. The Morgan fingerprint density at radius 3 is 2.35 bits per heavy atom. The Kier molecular flexibility index (Phi) is 6.48. The van der Waals surface area contributed by atoms with E-state index in [0.717, 1.165) is 25.7 Å². The number of hydrogen-bond acceptors (Lipinski definition) is 4. The first kappa shape index (κ1) is 16.5. The van der Waals surface area contributed by atoms with Crippen LogP contribution in [0.2, 0.25) is 0 Å². The minimum atomic E-state index is -1.12.